The Morgan fingerprint density at radius 1 is 1.08 bits per heavy atom. The van der Waals surface area contributed by atoms with Crippen molar-refractivity contribution in [3.8, 4) is 0 Å². The summed E-state index contributed by atoms with van der Waals surface area (Å²) in [7, 11) is 0. The van der Waals surface area contributed by atoms with E-state index >= 15 is 0 Å². The number of rotatable bonds is 8. The lowest BCUT2D eigenvalue weighted by Crippen LogP contribution is -2.37. The fourth-order valence-electron chi connectivity index (χ4n) is 2.65. The molecule has 1 amide bonds. The SMILES string of the molecule is CCN(CC)CCNC(=O)n1nnc2c(C)nc(N(CC)CC)nc21. The molecular weight excluding hydrogens is 320 g/mol. The summed E-state index contributed by atoms with van der Waals surface area (Å²) in [4.78, 5) is 25.7. The fraction of sp³-hybridized carbons (Fsp3) is 0.688. The quantitative estimate of drug-likeness (QED) is 0.768. The number of hydrogen-bond acceptors (Lipinski definition) is 7. The van der Waals surface area contributed by atoms with Crippen molar-refractivity contribution in [2.45, 2.75) is 34.6 Å². The normalized spacial score (nSPS) is 11.3. The summed E-state index contributed by atoms with van der Waals surface area (Å²) in [5, 5.41) is 10.9. The summed E-state index contributed by atoms with van der Waals surface area (Å²) >= 11 is 0. The Labute approximate surface area is 148 Å². The highest BCUT2D eigenvalue weighted by Crippen LogP contribution is 2.16. The number of likely N-dealkylation sites (N-methyl/N-ethyl adjacent to an activating group) is 1. The molecule has 0 atom stereocenters. The molecule has 0 saturated carbocycles. The third-order valence-electron chi connectivity index (χ3n) is 4.30. The third kappa shape index (κ3) is 4.22. The Bertz CT molecular complexity index is 705. The van der Waals surface area contributed by atoms with Crippen molar-refractivity contribution in [1.29, 1.82) is 0 Å². The molecule has 2 rings (SSSR count). The molecule has 1 N–H and O–H groups in total. The van der Waals surface area contributed by atoms with Crippen LogP contribution in [0.5, 0.6) is 0 Å². The molecule has 25 heavy (non-hydrogen) atoms. The number of aromatic nitrogens is 5. The molecule has 138 valence electrons. The molecule has 0 unspecified atom stereocenters. The summed E-state index contributed by atoms with van der Waals surface area (Å²) in [5.41, 5.74) is 1.71. The smallest absolute Gasteiger partial charge is 0.341 e. The summed E-state index contributed by atoms with van der Waals surface area (Å²) in [6.07, 6.45) is 0. The van der Waals surface area contributed by atoms with E-state index in [1.165, 1.54) is 4.68 Å². The molecule has 0 aromatic carbocycles. The Balaban J connectivity index is 2.21. The van der Waals surface area contributed by atoms with Gasteiger partial charge in [0.2, 0.25) is 5.95 Å². The van der Waals surface area contributed by atoms with Crippen molar-refractivity contribution in [2.24, 2.45) is 0 Å². The zero-order valence-corrected chi connectivity index (χ0v) is 15.8. The van der Waals surface area contributed by atoms with E-state index in [4.69, 9.17) is 0 Å². The van der Waals surface area contributed by atoms with Gasteiger partial charge in [0.25, 0.3) is 0 Å². The minimum atomic E-state index is -0.321. The molecule has 2 aromatic heterocycles. The number of nitrogens with zero attached hydrogens (tertiary/aromatic N) is 7. The van der Waals surface area contributed by atoms with Gasteiger partial charge in [-0.2, -0.15) is 4.98 Å². The highest BCUT2D eigenvalue weighted by molar-refractivity contribution is 5.86. The highest BCUT2D eigenvalue weighted by atomic mass is 16.2. The second-order valence-corrected chi connectivity index (χ2v) is 5.71. The number of carbonyl (C=O) groups is 1. The molecule has 0 aliphatic carbocycles. The maximum atomic E-state index is 12.5. The van der Waals surface area contributed by atoms with Crippen LogP contribution in [0.1, 0.15) is 33.4 Å². The molecule has 0 aliphatic rings. The molecule has 0 aliphatic heterocycles. The van der Waals surface area contributed by atoms with Crippen LogP contribution in [-0.2, 0) is 0 Å². The van der Waals surface area contributed by atoms with Crippen molar-refractivity contribution >= 4 is 23.1 Å². The van der Waals surface area contributed by atoms with Gasteiger partial charge in [0, 0.05) is 26.2 Å². The van der Waals surface area contributed by atoms with E-state index < -0.39 is 0 Å². The van der Waals surface area contributed by atoms with Crippen LogP contribution in [0.3, 0.4) is 0 Å². The minimum Gasteiger partial charge on any atom is -0.341 e. The second-order valence-electron chi connectivity index (χ2n) is 5.71. The lowest BCUT2D eigenvalue weighted by Gasteiger charge is -2.19. The van der Waals surface area contributed by atoms with Crippen LogP contribution in [0.15, 0.2) is 0 Å². The molecule has 9 nitrogen and oxygen atoms in total. The van der Waals surface area contributed by atoms with Gasteiger partial charge in [-0.05, 0) is 33.9 Å². The average Bonchev–Trinajstić information content (AvgIpc) is 3.04. The monoisotopic (exact) mass is 348 g/mol. The topological polar surface area (TPSA) is 92.1 Å². The molecule has 9 heteroatoms. The van der Waals surface area contributed by atoms with Gasteiger partial charge >= 0.3 is 6.03 Å². The summed E-state index contributed by atoms with van der Waals surface area (Å²) in [5.74, 6) is 0.592. The molecular formula is C16H28N8O. The van der Waals surface area contributed by atoms with Crippen molar-refractivity contribution in [3.63, 3.8) is 0 Å². The molecule has 2 aromatic rings. The van der Waals surface area contributed by atoms with E-state index in [9.17, 15) is 4.79 Å². The summed E-state index contributed by atoms with van der Waals surface area (Å²) in [6, 6.07) is -0.321. The highest BCUT2D eigenvalue weighted by Gasteiger charge is 2.18. The van der Waals surface area contributed by atoms with E-state index in [1.807, 2.05) is 25.7 Å². The minimum absolute atomic E-state index is 0.321. The van der Waals surface area contributed by atoms with Crippen LogP contribution in [0, 0.1) is 6.92 Å². The van der Waals surface area contributed by atoms with Crippen LogP contribution in [0.4, 0.5) is 10.7 Å². The van der Waals surface area contributed by atoms with Crippen LogP contribution >= 0.6 is 0 Å². The standard InChI is InChI=1S/C16H28N8O/c1-6-22(7-2)11-10-17-16(25)24-14-13(20-21-24)12(5)18-15(19-14)23(8-3)9-4/h6-11H2,1-5H3,(H,17,25). The van der Waals surface area contributed by atoms with E-state index in [0.717, 1.165) is 32.7 Å². The van der Waals surface area contributed by atoms with Gasteiger partial charge in [-0.1, -0.05) is 19.1 Å². The van der Waals surface area contributed by atoms with Crippen LogP contribution in [-0.4, -0.2) is 75.2 Å². The van der Waals surface area contributed by atoms with E-state index in [-0.39, 0.29) is 6.03 Å². The number of nitrogens with one attached hydrogen (secondary N) is 1. The van der Waals surface area contributed by atoms with Gasteiger partial charge in [-0.3, -0.25) is 0 Å². The van der Waals surface area contributed by atoms with E-state index in [1.54, 1.807) is 0 Å². The third-order valence-corrected chi connectivity index (χ3v) is 4.30. The van der Waals surface area contributed by atoms with E-state index in [0.29, 0.717) is 29.4 Å². The van der Waals surface area contributed by atoms with Crippen molar-refractivity contribution < 1.29 is 4.79 Å². The van der Waals surface area contributed by atoms with Crippen LogP contribution in [0.25, 0.3) is 11.2 Å². The first kappa shape index (κ1) is 19.0. The molecule has 0 saturated heterocycles. The molecule has 0 radical (unpaired) electrons. The number of fused-ring (bicyclic) bond motifs is 1. The molecule has 2 heterocycles. The van der Waals surface area contributed by atoms with Crippen LogP contribution in [0.2, 0.25) is 0 Å². The summed E-state index contributed by atoms with van der Waals surface area (Å²) in [6.45, 7) is 15.0. The molecule has 0 bridgehead atoms. The van der Waals surface area contributed by atoms with Gasteiger partial charge in [0.15, 0.2) is 11.2 Å². The zero-order valence-electron chi connectivity index (χ0n) is 15.8. The second kappa shape index (κ2) is 8.70. The predicted molar refractivity (Wildman–Crippen MR) is 98.0 cm³/mol. The maximum Gasteiger partial charge on any atom is 0.345 e. The van der Waals surface area contributed by atoms with Crippen molar-refractivity contribution in [3.05, 3.63) is 5.69 Å². The molecule has 0 fully saturated rings. The predicted octanol–water partition coefficient (Wildman–Crippen LogP) is 1.28. The largest absolute Gasteiger partial charge is 0.345 e. The zero-order chi connectivity index (χ0) is 18.4. The maximum absolute atomic E-state index is 12.5. The average molecular weight is 348 g/mol. The van der Waals surface area contributed by atoms with Gasteiger partial charge in [-0.15, -0.1) is 9.78 Å². The van der Waals surface area contributed by atoms with Gasteiger partial charge < -0.3 is 15.1 Å². The Morgan fingerprint density at radius 2 is 1.76 bits per heavy atom. The van der Waals surface area contributed by atoms with Gasteiger partial charge in [0.1, 0.15) is 0 Å². The van der Waals surface area contributed by atoms with Gasteiger partial charge in [0.05, 0.1) is 5.69 Å². The fourth-order valence-corrected chi connectivity index (χ4v) is 2.65. The number of amides is 1. The molecule has 0 spiro atoms. The number of aryl methyl sites for hydroxylation is 1. The summed E-state index contributed by atoms with van der Waals surface area (Å²) < 4.78 is 1.22. The number of anilines is 1. The van der Waals surface area contributed by atoms with Gasteiger partial charge in [-0.25, -0.2) is 9.78 Å². The first-order valence-corrected chi connectivity index (χ1v) is 8.91. The lowest BCUT2D eigenvalue weighted by atomic mass is 10.4. The van der Waals surface area contributed by atoms with Crippen molar-refractivity contribution in [1.82, 2.24) is 35.2 Å². The Hall–Kier alpha value is -2.29. The first-order valence-electron chi connectivity index (χ1n) is 8.91. The first-order chi connectivity index (χ1) is 12.0. The Kier molecular flexibility index (Phi) is 6.63. The van der Waals surface area contributed by atoms with E-state index in [2.05, 4.69) is 44.3 Å². The van der Waals surface area contributed by atoms with Crippen LogP contribution < -0.4 is 10.2 Å². The lowest BCUT2D eigenvalue weighted by molar-refractivity contribution is 0.236. The number of carbonyl (C=O) groups excluding carboxylic acids is 1. The Morgan fingerprint density at radius 3 is 2.36 bits per heavy atom. The van der Waals surface area contributed by atoms with Crippen molar-refractivity contribution in [2.75, 3.05) is 44.2 Å². The number of hydrogen-bond donors (Lipinski definition) is 1.